The predicted octanol–water partition coefficient (Wildman–Crippen LogP) is 3.39. The number of carbonyl (C=O) groups is 1. The van der Waals surface area contributed by atoms with Crippen molar-refractivity contribution in [2.75, 3.05) is 10.6 Å². The lowest BCUT2D eigenvalue weighted by Gasteiger charge is -2.36. The molecule has 4 N–H and O–H groups in total. The zero-order valence-electron chi connectivity index (χ0n) is 16.0. The van der Waals surface area contributed by atoms with Crippen molar-refractivity contribution >= 4 is 22.9 Å². The van der Waals surface area contributed by atoms with Crippen molar-refractivity contribution < 1.29 is 13.6 Å². The summed E-state index contributed by atoms with van der Waals surface area (Å²) in [7, 11) is 0. The largest absolute Gasteiger partial charge is 0.364 e. The first-order valence-electron chi connectivity index (χ1n) is 9.58. The van der Waals surface area contributed by atoms with Crippen LogP contribution in [0.2, 0.25) is 0 Å². The van der Waals surface area contributed by atoms with Crippen LogP contribution in [0.15, 0.2) is 48.5 Å². The molecule has 0 unspecified atom stereocenters. The number of aromatic nitrogens is 2. The molecule has 3 aromatic rings. The monoisotopic (exact) mass is 410 g/mol. The van der Waals surface area contributed by atoms with E-state index in [9.17, 15) is 18.8 Å². The molecular weight excluding hydrogens is 390 g/mol. The van der Waals surface area contributed by atoms with Crippen molar-refractivity contribution in [2.45, 2.75) is 37.3 Å². The number of carbonyl (C=O) groups excluding carboxylic acids is 1. The van der Waals surface area contributed by atoms with Gasteiger partial charge in [-0.15, -0.1) is 5.10 Å². The summed E-state index contributed by atoms with van der Waals surface area (Å²) in [5, 5.41) is 19.3. The molecule has 0 aliphatic heterocycles. The fraction of sp³-hybridized carbons (Fsp3) is 0.286. The highest BCUT2D eigenvalue weighted by atomic mass is 19.3. The minimum atomic E-state index is -2.92. The zero-order chi connectivity index (χ0) is 21.3. The molecule has 0 saturated heterocycles. The Labute approximate surface area is 171 Å². The lowest BCUT2D eigenvalue weighted by Crippen LogP contribution is -2.55. The Hall–Kier alpha value is -3.51. The van der Waals surface area contributed by atoms with E-state index >= 15 is 0 Å². The van der Waals surface area contributed by atoms with Gasteiger partial charge in [-0.25, -0.2) is 13.3 Å². The van der Waals surface area contributed by atoms with Crippen LogP contribution in [0.4, 0.5) is 20.3 Å². The third-order valence-electron chi connectivity index (χ3n) is 5.31. The summed E-state index contributed by atoms with van der Waals surface area (Å²) in [6, 6.07) is 13.5. The maximum atomic E-state index is 13.9. The third kappa shape index (κ3) is 3.69. The summed E-state index contributed by atoms with van der Waals surface area (Å²) in [5.74, 6) is -3.02. The SMILES string of the molecule is N#Cc1ccccc1NC(=O)c1ccc2ccc(N[C@@H]3CCCC(F)(F)[C@@H]3N)nn12. The van der Waals surface area contributed by atoms with Gasteiger partial charge < -0.3 is 16.4 Å². The summed E-state index contributed by atoms with van der Waals surface area (Å²) >= 11 is 0. The summed E-state index contributed by atoms with van der Waals surface area (Å²) in [4.78, 5) is 12.8. The van der Waals surface area contributed by atoms with Gasteiger partial charge in [-0.05, 0) is 49.2 Å². The van der Waals surface area contributed by atoms with Gasteiger partial charge in [-0.1, -0.05) is 12.1 Å². The fourth-order valence-corrected chi connectivity index (χ4v) is 3.66. The number of halogens is 2. The molecule has 0 radical (unpaired) electrons. The van der Waals surface area contributed by atoms with Crippen molar-refractivity contribution in [3.8, 4) is 6.07 Å². The lowest BCUT2D eigenvalue weighted by atomic mass is 9.87. The molecule has 4 rings (SSSR count). The van der Waals surface area contributed by atoms with Crippen LogP contribution in [0.3, 0.4) is 0 Å². The maximum absolute atomic E-state index is 13.9. The number of para-hydroxylation sites is 1. The molecule has 154 valence electrons. The minimum absolute atomic E-state index is 0.217. The standard InChI is InChI=1S/C21H20F2N6O/c22-21(23)11-3-6-16(19(21)25)26-18-10-8-14-7-9-17(29(14)28-18)20(30)27-15-5-2-1-4-13(15)12-24/h1-2,4-5,7-10,16,19H,3,6,11,25H2,(H,26,28)(H,27,30)/t16-,19-/m1/s1. The second kappa shape index (κ2) is 7.72. The van der Waals surface area contributed by atoms with Gasteiger partial charge in [0.05, 0.1) is 22.8 Å². The Morgan fingerprint density at radius 3 is 2.80 bits per heavy atom. The van der Waals surface area contributed by atoms with E-state index in [2.05, 4.69) is 15.7 Å². The number of nitrogens with two attached hydrogens (primary N) is 1. The molecule has 2 heterocycles. The second-order valence-electron chi connectivity index (χ2n) is 7.32. The van der Waals surface area contributed by atoms with Crippen LogP contribution in [-0.4, -0.2) is 33.5 Å². The Morgan fingerprint density at radius 2 is 2.00 bits per heavy atom. The third-order valence-corrected chi connectivity index (χ3v) is 5.31. The Morgan fingerprint density at radius 1 is 1.23 bits per heavy atom. The highest BCUT2D eigenvalue weighted by molar-refractivity contribution is 6.04. The Bertz CT molecular complexity index is 1140. The average molecular weight is 410 g/mol. The van der Waals surface area contributed by atoms with Crippen LogP contribution in [0.25, 0.3) is 5.52 Å². The van der Waals surface area contributed by atoms with Crippen molar-refractivity contribution in [2.24, 2.45) is 5.73 Å². The molecule has 0 spiro atoms. The molecule has 1 amide bonds. The van der Waals surface area contributed by atoms with Gasteiger partial charge in [0, 0.05) is 12.5 Å². The van der Waals surface area contributed by atoms with Gasteiger partial charge in [0.1, 0.15) is 17.6 Å². The maximum Gasteiger partial charge on any atom is 0.274 e. The molecule has 1 aromatic carbocycles. The molecule has 1 aliphatic rings. The van der Waals surface area contributed by atoms with Gasteiger partial charge in [-0.2, -0.15) is 5.26 Å². The van der Waals surface area contributed by atoms with Gasteiger partial charge in [0.2, 0.25) is 0 Å². The number of rotatable bonds is 4. The van der Waals surface area contributed by atoms with Crippen molar-refractivity contribution in [1.29, 1.82) is 5.26 Å². The number of alkyl halides is 2. The summed E-state index contributed by atoms with van der Waals surface area (Å²) in [6.07, 6.45) is 0.668. The second-order valence-corrected chi connectivity index (χ2v) is 7.32. The van der Waals surface area contributed by atoms with E-state index in [1.165, 1.54) is 4.52 Å². The minimum Gasteiger partial charge on any atom is -0.364 e. The lowest BCUT2D eigenvalue weighted by molar-refractivity contribution is -0.0554. The molecular formula is C21H20F2N6O. The van der Waals surface area contributed by atoms with E-state index in [-0.39, 0.29) is 12.1 Å². The smallest absolute Gasteiger partial charge is 0.274 e. The van der Waals surface area contributed by atoms with Gasteiger partial charge >= 0.3 is 0 Å². The Balaban J connectivity index is 1.59. The summed E-state index contributed by atoms with van der Waals surface area (Å²) < 4.78 is 29.3. The first kappa shape index (κ1) is 19.8. The first-order valence-corrected chi connectivity index (χ1v) is 9.58. The molecule has 1 aliphatic carbocycles. The number of nitriles is 1. The number of nitrogens with zero attached hydrogens (tertiary/aromatic N) is 3. The molecule has 30 heavy (non-hydrogen) atoms. The van der Waals surface area contributed by atoms with E-state index in [0.717, 1.165) is 0 Å². The number of amides is 1. The first-order chi connectivity index (χ1) is 14.4. The molecule has 7 nitrogen and oxygen atoms in total. The number of benzene rings is 1. The fourth-order valence-electron chi connectivity index (χ4n) is 3.66. The highest BCUT2D eigenvalue weighted by Crippen LogP contribution is 2.33. The number of nitrogens with one attached hydrogen (secondary N) is 2. The molecule has 0 bridgehead atoms. The van der Waals surface area contributed by atoms with E-state index in [1.807, 2.05) is 6.07 Å². The van der Waals surface area contributed by atoms with Gasteiger partial charge in [0.15, 0.2) is 0 Å². The van der Waals surface area contributed by atoms with E-state index < -0.39 is 23.9 Å². The Kier molecular flexibility index (Phi) is 5.10. The van der Waals surface area contributed by atoms with Crippen molar-refractivity contribution in [1.82, 2.24) is 9.61 Å². The molecule has 9 heteroatoms. The van der Waals surface area contributed by atoms with Crippen LogP contribution in [0, 0.1) is 11.3 Å². The summed E-state index contributed by atoms with van der Waals surface area (Å²) in [5.41, 5.74) is 7.40. The van der Waals surface area contributed by atoms with E-state index in [1.54, 1.807) is 48.5 Å². The number of hydrogen-bond donors (Lipinski definition) is 3. The van der Waals surface area contributed by atoms with E-state index in [4.69, 9.17) is 5.73 Å². The molecule has 1 saturated carbocycles. The topological polar surface area (TPSA) is 108 Å². The van der Waals surface area contributed by atoms with Crippen molar-refractivity contribution in [3.63, 3.8) is 0 Å². The van der Waals surface area contributed by atoms with Crippen LogP contribution < -0.4 is 16.4 Å². The van der Waals surface area contributed by atoms with Gasteiger partial charge in [0.25, 0.3) is 11.8 Å². The van der Waals surface area contributed by atoms with Crippen LogP contribution in [0.1, 0.15) is 35.3 Å². The summed E-state index contributed by atoms with van der Waals surface area (Å²) in [6.45, 7) is 0. The normalized spacial score (nSPS) is 20.5. The predicted molar refractivity (Wildman–Crippen MR) is 108 cm³/mol. The molecule has 1 fully saturated rings. The zero-order valence-corrected chi connectivity index (χ0v) is 16.0. The highest BCUT2D eigenvalue weighted by Gasteiger charge is 2.44. The molecule has 2 atom stereocenters. The van der Waals surface area contributed by atoms with Crippen LogP contribution in [0.5, 0.6) is 0 Å². The van der Waals surface area contributed by atoms with Crippen LogP contribution in [-0.2, 0) is 0 Å². The number of anilines is 2. The van der Waals surface area contributed by atoms with Gasteiger partial charge in [-0.3, -0.25) is 4.79 Å². The number of fused-ring (bicyclic) bond motifs is 1. The quantitative estimate of drug-likeness (QED) is 0.611. The molecule has 2 aromatic heterocycles. The van der Waals surface area contributed by atoms with E-state index in [0.29, 0.717) is 35.4 Å². The van der Waals surface area contributed by atoms with Crippen molar-refractivity contribution in [3.05, 3.63) is 59.8 Å². The van der Waals surface area contributed by atoms with Crippen LogP contribution >= 0.6 is 0 Å². The average Bonchev–Trinajstić information content (AvgIpc) is 3.15. The number of hydrogen-bond acceptors (Lipinski definition) is 5.